The summed E-state index contributed by atoms with van der Waals surface area (Å²) in [6, 6.07) is 12.1. The first-order chi connectivity index (χ1) is 15.8. The Morgan fingerprint density at radius 2 is 2.09 bits per heavy atom. The molecule has 0 radical (unpaired) electrons. The molecule has 168 valence electrons. The van der Waals surface area contributed by atoms with Gasteiger partial charge < -0.3 is 5.73 Å². The summed E-state index contributed by atoms with van der Waals surface area (Å²) in [5.74, 6) is 0.573. The van der Waals surface area contributed by atoms with Gasteiger partial charge in [0.1, 0.15) is 5.82 Å². The number of carbonyl (C=O) groups excluding carboxylic acids is 1. The first kappa shape index (κ1) is 23.0. The van der Waals surface area contributed by atoms with E-state index in [9.17, 15) is 10.1 Å². The van der Waals surface area contributed by atoms with Gasteiger partial charge in [0.15, 0.2) is 10.1 Å². The molecule has 2 aromatic rings. The van der Waals surface area contributed by atoms with E-state index in [-0.39, 0.29) is 11.2 Å². The number of hydrogen-bond donors (Lipinski definition) is 1. The lowest BCUT2D eigenvalue weighted by molar-refractivity contribution is -0.118. The zero-order valence-corrected chi connectivity index (χ0v) is 20.2. The van der Waals surface area contributed by atoms with Gasteiger partial charge in [-0.15, -0.1) is 16.8 Å². The second-order valence-electron chi connectivity index (χ2n) is 8.75. The average molecular weight is 476 g/mol. The van der Waals surface area contributed by atoms with E-state index in [1.54, 1.807) is 11.0 Å². The van der Waals surface area contributed by atoms with Crippen LogP contribution in [0.4, 0.5) is 5.13 Å². The Balaban J connectivity index is 1.84. The third kappa shape index (κ3) is 4.65. The van der Waals surface area contributed by atoms with Crippen LogP contribution < -0.4 is 10.6 Å². The number of ketones is 1. The first-order valence-electron chi connectivity index (χ1n) is 10.6. The number of nitrogens with two attached hydrogens (primary N) is 1. The molecule has 1 aliphatic heterocycles. The molecule has 2 aliphatic rings. The summed E-state index contributed by atoms with van der Waals surface area (Å²) < 4.78 is 0.783. The summed E-state index contributed by atoms with van der Waals surface area (Å²) >= 11 is 2.93. The molecule has 33 heavy (non-hydrogen) atoms. The maximum absolute atomic E-state index is 13.4. The Hall–Kier alpha value is -3.15. The minimum absolute atomic E-state index is 0.0417. The van der Waals surface area contributed by atoms with Gasteiger partial charge >= 0.3 is 0 Å². The quantitative estimate of drug-likeness (QED) is 0.447. The lowest BCUT2D eigenvalue weighted by Crippen LogP contribution is -2.42. The van der Waals surface area contributed by atoms with E-state index >= 15 is 0 Å². The van der Waals surface area contributed by atoms with Crippen LogP contribution in [0, 0.1) is 22.7 Å². The number of nitrogens with zero attached hydrogens (tertiary/aromatic N) is 4. The minimum Gasteiger partial charge on any atom is -0.384 e. The smallest absolute Gasteiger partial charge is 0.219 e. The summed E-state index contributed by atoms with van der Waals surface area (Å²) in [6.45, 7) is 7.89. The van der Waals surface area contributed by atoms with E-state index in [1.807, 2.05) is 42.5 Å². The number of nitriles is 1. The predicted molar refractivity (Wildman–Crippen MR) is 134 cm³/mol. The molecule has 2 heterocycles. The van der Waals surface area contributed by atoms with Crippen LogP contribution >= 0.6 is 23.1 Å². The number of carbonyl (C=O) groups is 1. The molecule has 1 atom stereocenters. The lowest BCUT2D eigenvalue weighted by Gasteiger charge is -2.41. The topological polar surface area (TPSA) is 95.9 Å². The fraction of sp³-hybridized carbons (Fsp3) is 0.280. The maximum atomic E-state index is 13.4. The van der Waals surface area contributed by atoms with Crippen LogP contribution in [0.5, 0.6) is 0 Å². The molecule has 1 aromatic carbocycles. The zero-order chi connectivity index (χ0) is 23.6. The third-order valence-corrected chi connectivity index (χ3v) is 7.66. The molecule has 0 saturated carbocycles. The van der Waals surface area contributed by atoms with Crippen LogP contribution in [0.2, 0.25) is 0 Å². The summed E-state index contributed by atoms with van der Waals surface area (Å²) in [4.78, 5) is 15.2. The summed E-state index contributed by atoms with van der Waals surface area (Å²) in [5.41, 5.74) is 9.16. The van der Waals surface area contributed by atoms with Crippen molar-refractivity contribution in [1.29, 1.82) is 5.26 Å². The average Bonchev–Trinajstić information content (AvgIpc) is 3.24. The van der Waals surface area contributed by atoms with Gasteiger partial charge in [-0.3, -0.25) is 9.69 Å². The Labute approximate surface area is 202 Å². The standard InChI is InChI=1S/C25H25N5OS2/c1-4-12-32-24-29-28-23(33-24)30-19-13-25(2,3)14-20(31)21(19)17(18(15-26)22(30)27)11-10-16-8-6-5-7-9-16/h4-11,17H,1,12-14,27H2,2-3H3/b11-10+. The van der Waals surface area contributed by atoms with Crippen LogP contribution in [0.15, 0.2) is 76.1 Å². The molecule has 0 fully saturated rings. The number of thioether (sulfide) groups is 1. The van der Waals surface area contributed by atoms with E-state index < -0.39 is 5.92 Å². The molecule has 8 heteroatoms. The Morgan fingerprint density at radius 3 is 2.79 bits per heavy atom. The fourth-order valence-corrected chi connectivity index (χ4v) is 5.86. The minimum atomic E-state index is -0.493. The van der Waals surface area contributed by atoms with Crippen molar-refractivity contribution in [3.8, 4) is 6.07 Å². The Bertz CT molecular complexity index is 1220. The van der Waals surface area contributed by atoms with E-state index in [0.29, 0.717) is 34.9 Å². The number of aromatic nitrogens is 2. The van der Waals surface area contributed by atoms with Crippen LogP contribution in [-0.4, -0.2) is 21.7 Å². The molecule has 1 aliphatic carbocycles. The second kappa shape index (κ2) is 9.38. The van der Waals surface area contributed by atoms with Gasteiger partial charge in [0.05, 0.1) is 11.6 Å². The van der Waals surface area contributed by atoms with Crippen molar-refractivity contribution in [1.82, 2.24) is 10.2 Å². The molecule has 1 unspecified atom stereocenters. The predicted octanol–water partition coefficient (Wildman–Crippen LogP) is 5.30. The highest BCUT2D eigenvalue weighted by Crippen LogP contribution is 2.48. The van der Waals surface area contributed by atoms with Gasteiger partial charge in [-0.25, -0.2) is 0 Å². The van der Waals surface area contributed by atoms with Crippen molar-refractivity contribution < 1.29 is 4.79 Å². The van der Waals surface area contributed by atoms with E-state index in [0.717, 1.165) is 21.4 Å². The molecule has 0 spiro atoms. The van der Waals surface area contributed by atoms with Crippen molar-refractivity contribution in [2.24, 2.45) is 17.1 Å². The van der Waals surface area contributed by atoms with E-state index in [1.165, 1.54) is 23.1 Å². The summed E-state index contributed by atoms with van der Waals surface area (Å²) in [6.07, 6.45) is 6.73. The van der Waals surface area contributed by atoms with Gasteiger partial charge in [0, 0.05) is 29.4 Å². The highest BCUT2D eigenvalue weighted by atomic mass is 32.2. The van der Waals surface area contributed by atoms with Crippen LogP contribution in [0.1, 0.15) is 32.3 Å². The van der Waals surface area contributed by atoms with Gasteiger partial charge in [-0.2, -0.15) is 5.26 Å². The largest absolute Gasteiger partial charge is 0.384 e. The number of benzene rings is 1. The summed E-state index contributed by atoms with van der Waals surface area (Å²) in [5, 5.41) is 19.2. The normalized spacial score (nSPS) is 20.2. The fourth-order valence-electron chi connectivity index (χ4n) is 4.21. The van der Waals surface area contributed by atoms with Gasteiger partial charge in [0.2, 0.25) is 5.13 Å². The van der Waals surface area contributed by atoms with Crippen molar-refractivity contribution in [3.63, 3.8) is 0 Å². The molecule has 4 rings (SSSR count). The van der Waals surface area contributed by atoms with Crippen molar-refractivity contribution in [2.75, 3.05) is 10.7 Å². The van der Waals surface area contributed by atoms with Crippen molar-refractivity contribution in [2.45, 2.75) is 31.0 Å². The molecule has 0 saturated heterocycles. The van der Waals surface area contributed by atoms with E-state index in [4.69, 9.17) is 5.73 Å². The first-order valence-corrected chi connectivity index (χ1v) is 12.4. The number of rotatable bonds is 6. The molecule has 0 bridgehead atoms. The molecule has 2 N–H and O–H groups in total. The number of allylic oxidation sites excluding steroid dienone is 4. The van der Waals surface area contributed by atoms with Gasteiger partial charge in [-0.05, 0) is 17.4 Å². The molecule has 0 amide bonds. The zero-order valence-electron chi connectivity index (χ0n) is 18.6. The Kier molecular flexibility index (Phi) is 6.54. The Morgan fingerprint density at radius 1 is 1.33 bits per heavy atom. The number of Topliss-reactive ketones (excluding diaryl/α,β-unsaturated/α-hetero) is 1. The molecule has 6 nitrogen and oxygen atoms in total. The molecular weight excluding hydrogens is 450 g/mol. The van der Waals surface area contributed by atoms with Crippen molar-refractivity contribution >= 4 is 40.1 Å². The third-order valence-electron chi connectivity index (χ3n) is 5.62. The number of hydrogen-bond acceptors (Lipinski definition) is 8. The monoisotopic (exact) mass is 475 g/mol. The SMILES string of the molecule is C=CCSc1nnc(N2C(N)=C(C#N)C(/C=C/c3ccccc3)C3=C2CC(C)(C)CC3=O)s1. The second-order valence-corrected chi connectivity index (χ2v) is 11.0. The van der Waals surface area contributed by atoms with E-state index in [2.05, 4.69) is 36.7 Å². The van der Waals surface area contributed by atoms with Crippen molar-refractivity contribution in [3.05, 3.63) is 77.3 Å². The van der Waals surface area contributed by atoms with Crippen LogP contribution in [0.25, 0.3) is 6.08 Å². The van der Waals surface area contributed by atoms with Crippen LogP contribution in [0.3, 0.4) is 0 Å². The maximum Gasteiger partial charge on any atom is 0.219 e. The van der Waals surface area contributed by atoms with Crippen LogP contribution in [-0.2, 0) is 4.79 Å². The summed E-state index contributed by atoms with van der Waals surface area (Å²) in [7, 11) is 0. The number of anilines is 1. The van der Waals surface area contributed by atoms with Gasteiger partial charge in [-0.1, -0.05) is 85.5 Å². The lowest BCUT2D eigenvalue weighted by atomic mass is 9.70. The highest BCUT2D eigenvalue weighted by Gasteiger charge is 2.44. The highest BCUT2D eigenvalue weighted by molar-refractivity contribution is 8.01. The molecular formula is C25H25N5OS2. The van der Waals surface area contributed by atoms with Gasteiger partial charge in [0.25, 0.3) is 0 Å². The molecule has 1 aromatic heterocycles.